The van der Waals surface area contributed by atoms with Gasteiger partial charge in [-0.3, -0.25) is 5.32 Å². The van der Waals surface area contributed by atoms with E-state index in [4.69, 9.17) is 10.5 Å². The molecule has 3 atom stereocenters. The zero-order valence-electron chi connectivity index (χ0n) is 5.49. The van der Waals surface area contributed by atoms with E-state index in [0.717, 1.165) is 5.75 Å². The highest BCUT2D eigenvalue weighted by molar-refractivity contribution is 7.99. The maximum absolute atomic E-state index is 5.63. The van der Waals surface area contributed by atoms with Crippen LogP contribution in [0.2, 0.25) is 0 Å². The first kappa shape index (κ1) is 6.52. The standard InChI is InChI=1S/C6H10N2OS/c7-6-8-5-4(3-10-6)1-2-9-5/h1-2,4-6,8H,3,7H2. The molecule has 0 saturated carbocycles. The van der Waals surface area contributed by atoms with Crippen LogP contribution in [0.4, 0.5) is 0 Å². The summed E-state index contributed by atoms with van der Waals surface area (Å²) in [5, 5.41) is 3.13. The fraction of sp³-hybridized carbons (Fsp3) is 0.667. The largest absolute Gasteiger partial charge is 0.483 e. The maximum Gasteiger partial charge on any atom is 0.158 e. The number of ether oxygens (including phenoxy) is 1. The molecule has 0 amide bonds. The number of hydrogen-bond donors (Lipinski definition) is 2. The third kappa shape index (κ3) is 1.02. The van der Waals surface area contributed by atoms with Crippen molar-refractivity contribution in [3.63, 3.8) is 0 Å². The fourth-order valence-corrected chi connectivity index (χ4v) is 2.11. The third-order valence-corrected chi connectivity index (χ3v) is 2.81. The van der Waals surface area contributed by atoms with Gasteiger partial charge >= 0.3 is 0 Å². The molecule has 56 valence electrons. The highest BCUT2D eigenvalue weighted by Gasteiger charge is 2.30. The Morgan fingerprint density at radius 1 is 1.70 bits per heavy atom. The lowest BCUT2D eigenvalue weighted by Crippen LogP contribution is -2.49. The first-order valence-corrected chi connectivity index (χ1v) is 4.36. The molecule has 1 fully saturated rings. The van der Waals surface area contributed by atoms with Gasteiger partial charge in [-0.05, 0) is 6.08 Å². The van der Waals surface area contributed by atoms with Crippen molar-refractivity contribution in [3.05, 3.63) is 12.3 Å². The van der Waals surface area contributed by atoms with Crippen LogP contribution in [0.25, 0.3) is 0 Å². The summed E-state index contributed by atoms with van der Waals surface area (Å²) in [4.78, 5) is 0. The van der Waals surface area contributed by atoms with Gasteiger partial charge < -0.3 is 10.5 Å². The molecule has 2 rings (SSSR count). The van der Waals surface area contributed by atoms with E-state index in [1.54, 1.807) is 18.0 Å². The van der Waals surface area contributed by atoms with Gasteiger partial charge in [0.05, 0.1) is 6.26 Å². The molecule has 0 radical (unpaired) electrons. The fourth-order valence-electron chi connectivity index (χ4n) is 1.16. The summed E-state index contributed by atoms with van der Waals surface area (Å²) in [5.74, 6) is 1.58. The van der Waals surface area contributed by atoms with Crippen LogP contribution in [0.3, 0.4) is 0 Å². The van der Waals surface area contributed by atoms with Crippen molar-refractivity contribution in [1.82, 2.24) is 5.32 Å². The Bertz CT molecular complexity index is 162. The summed E-state index contributed by atoms with van der Waals surface area (Å²) < 4.78 is 5.24. The molecule has 2 heterocycles. The van der Waals surface area contributed by atoms with Crippen molar-refractivity contribution in [2.45, 2.75) is 11.7 Å². The monoisotopic (exact) mass is 158 g/mol. The molecule has 3 N–H and O–H groups in total. The third-order valence-electron chi connectivity index (χ3n) is 1.74. The molecule has 0 bridgehead atoms. The number of rotatable bonds is 0. The average molecular weight is 158 g/mol. The Balaban J connectivity index is 2.01. The quantitative estimate of drug-likeness (QED) is 0.523. The van der Waals surface area contributed by atoms with Crippen LogP contribution in [0.1, 0.15) is 0 Å². The summed E-state index contributed by atoms with van der Waals surface area (Å²) in [6, 6.07) is 0. The SMILES string of the molecule is NC1NC2OC=CC2CS1. The molecule has 10 heavy (non-hydrogen) atoms. The van der Waals surface area contributed by atoms with Gasteiger partial charge in [0.2, 0.25) is 0 Å². The van der Waals surface area contributed by atoms with Crippen molar-refractivity contribution in [1.29, 1.82) is 0 Å². The zero-order chi connectivity index (χ0) is 6.97. The lowest BCUT2D eigenvalue weighted by molar-refractivity contribution is 0.101. The predicted octanol–water partition coefficient (Wildman–Crippen LogP) is 0.0513. The van der Waals surface area contributed by atoms with E-state index < -0.39 is 0 Å². The zero-order valence-corrected chi connectivity index (χ0v) is 6.30. The van der Waals surface area contributed by atoms with Gasteiger partial charge in [-0.2, -0.15) is 0 Å². The van der Waals surface area contributed by atoms with E-state index in [9.17, 15) is 0 Å². The molecule has 3 unspecified atom stereocenters. The second kappa shape index (κ2) is 2.45. The van der Waals surface area contributed by atoms with Crippen molar-refractivity contribution < 1.29 is 4.74 Å². The molecule has 0 spiro atoms. The van der Waals surface area contributed by atoms with E-state index >= 15 is 0 Å². The Morgan fingerprint density at radius 3 is 3.50 bits per heavy atom. The van der Waals surface area contributed by atoms with Gasteiger partial charge in [0.1, 0.15) is 5.50 Å². The topological polar surface area (TPSA) is 47.3 Å². The van der Waals surface area contributed by atoms with E-state index in [0.29, 0.717) is 5.92 Å². The van der Waals surface area contributed by atoms with Crippen molar-refractivity contribution in [2.75, 3.05) is 5.75 Å². The van der Waals surface area contributed by atoms with Crippen LogP contribution in [-0.2, 0) is 4.74 Å². The number of hydrogen-bond acceptors (Lipinski definition) is 4. The minimum absolute atomic E-state index is 0.0427. The lowest BCUT2D eigenvalue weighted by atomic mass is 10.1. The normalized spacial score (nSPS) is 44.7. The van der Waals surface area contributed by atoms with E-state index in [-0.39, 0.29) is 11.7 Å². The average Bonchev–Trinajstić information content (AvgIpc) is 2.33. The minimum atomic E-state index is 0.0427. The van der Waals surface area contributed by atoms with Crippen molar-refractivity contribution in [2.24, 2.45) is 11.7 Å². The molecule has 3 nitrogen and oxygen atoms in total. The van der Waals surface area contributed by atoms with Gasteiger partial charge in [0, 0.05) is 11.7 Å². The first-order chi connectivity index (χ1) is 4.86. The van der Waals surface area contributed by atoms with Crippen LogP contribution in [0.15, 0.2) is 12.3 Å². The highest BCUT2D eigenvalue weighted by atomic mass is 32.2. The predicted molar refractivity (Wildman–Crippen MR) is 41.1 cm³/mol. The first-order valence-electron chi connectivity index (χ1n) is 3.31. The Labute approximate surface area is 64.0 Å². The van der Waals surface area contributed by atoms with Crippen LogP contribution < -0.4 is 11.1 Å². The second-order valence-electron chi connectivity index (χ2n) is 2.47. The molecule has 4 heteroatoms. The number of thioether (sulfide) groups is 1. The maximum atomic E-state index is 5.63. The van der Waals surface area contributed by atoms with E-state index in [1.165, 1.54) is 0 Å². The Hall–Kier alpha value is -0.190. The summed E-state index contributed by atoms with van der Waals surface area (Å²) in [5.41, 5.74) is 5.68. The summed E-state index contributed by atoms with van der Waals surface area (Å²) >= 11 is 1.73. The van der Waals surface area contributed by atoms with Gasteiger partial charge in [-0.1, -0.05) is 0 Å². The molecule has 0 aromatic rings. The number of nitrogens with two attached hydrogens (primary N) is 1. The molecular weight excluding hydrogens is 148 g/mol. The molecule has 0 aromatic heterocycles. The lowest BCUT2D eigenvalue weighted by Gasteiger charge is -2.29. The molecular formula is C6H10N2OS. The second-order valence-corrected chi connectivity index (χ2v) is 3.64. The molecule has 0 aliphatic carbocycles. The minimum Gasteiger partial charge on any atom is -0.483 e. The molecule has 2 aliphatic heterocycles. The van der Waals surface area contributed by atoms with Gasteiger partial charge in [-0.25, -0.2) is 0 Å². The molecule has 2 aliphatic rings. The van der Waals surface area contributed by atoms with Crippen LogP contribution in [0.5, 0.6) is 0 Å². The smallest absolute Gasteiger partial charge is 0.158 e. The van der Waals surface area contributed by atoms with E-state index in [2.05, 4.69) is 11.4 Å². The van der Waals surface area contributed by atoms with Gasteiger partial charge in [0.15, 0.2) is 6.23 Å². The molecule has 1 saturated heterocycles. The van der Waals surface area contributed by atoms with Crippen molar-refractivity contribution in [3.8, 4) is 0 Å². The summed E-state index contributed by atoms with van der Waals surface area (Å²) in [6.45, 7) is 0. The van der Waals surface area contributed by atoms with Crippen molar-refractivity contribution >= 4 is 11.8 Å². The molecule has 0 aromatic carbocycles. The van der Waals surface area contributed by atoms with Crippen LogP contribution >= 0.6 is 11.8 Å². The summed E-state index contributed by atoms with van der Waals surface area (Å²) in [6.07, 6.45) is 3.97. The number of fused-ring (bicyclic) bond motifs is 1. The van der Waals surface area contributed by atoms with Crippen LogP contribution in [0, 0.1) is 5.92 Å². The highest BCUT2D eigenvalue weighted by Crippen LogP contribution is 2.26. The van der Waals surface area contributed by atoms with Gasteiger partial charge in [-0.15, -0.1) is 11.8 Å². The van der Waals surface area contributed by atoms with Crippen LogP contribution in [-0.4, -0.2) is 17.5 Å². The summed E-state index contributed by atoms with van der Waals surface area (Å²) in [7, 11) is 0. The van der Waals surface area contributed by atoms with E-state index in [1.807, 2.05) is 0 Å². The van der Waals surface area contributed by atoms with Gasteiger partial charge in [0.25, 0.3) is 0 Å². The number of nitrogens with one attached hydrogen (secondary N) is 1. The Kier molecular flexibility index (Phi) is 1.60. The Morgan fingerprint density at radius 2 is 2.60 bits per heavy atom.